The van der Waals surface area contributed by atoms with Crippen LogP contribution in [0.25, 0.3) is 0 Å². The summed E-state index contributed by atoms with van der Waals surface area (Å²) in [5.74, 6) is 0. The van der Waals surface area contributed by atoms with Crippen LogP contribution >= 0.6 is 0 Å². The summed E-state index contributed by atoms with van der Waals surface area (Å²) in [6.45, 7) is 15.3. The van der Waals surface area contributed by atoms with Crippen LogP contribution in [0.5, 0.6) is 0 Å². The van der Waals surface area contributed by atoms with Gasteiger partial charge in [-0.25, -0.2) is 0 Å². The van der Waals surface area contributed by atoms with Crippen molar-refractivity contribution < 1.29 is 9.31 Å². The SMILES string of the molecule is CCCCc1c(CCCC)c(B2OC(C)(C)C(C)(C)O2)n(C)c1C. The van der Waals surface area contributed by atoms with E-state index < -0.39 is 0 Å². The first-order valence-electron chi connectivity index (χ1n) is 9.68. The van der Waals surface area contributed by atoms with Crippen molar-refractivity contribution in [2.45, 2.75) is 98.2 Å². The monoisotopic (exact) mass is 333 g/mol. The second kappa shape index (κ2) is 7.25. The minimum atomic E-state index is -0.290. The van der Waals surface area contributed by atoms with Crippen LogP contribution in [0.3, 0.4) is 0 Å². The molecule has 4 heteroatoms. The fourth-order valence-corrected chi connectivity index (χ4v) is 3.53. The Morgan fingerprint density at radius 1 is 0.875 bits per heavy atom. The van der Waals surface area contributed by atoms with Gasteiger partial charge in [-0.05, 0) is 71.4 Å². The first kappa shape index (κ1) is 19.6. The second-order valence-electron chi connectivity index (χ2n) is 8.28. The molecule has 0 spiro atoms. The first-order valence-corrected chi connectivity index (χ1v) is 9.68. The molecule has 0 atom stereocenters. The molecule has 2 heterocycles. The van der Waals surface area contributed by atoms with Crippen LogP contribution in [0.15, 0.2) is 0 Å². The number of unbranched alkanes of at least 4 members (excludes halogenated alkanes) is 2. The van der Waals surface area contributed by atoms with Crippen molar-refractivity contribution in [2.75, 3.05) is 0 Å². The molecule has 24 heavy (non-hydrogen) atoms. The van der Waals surface area contributed by atoms with Crippen LogP contribution in [-0.2, 0) is 29.2 Å². The standard InChI is InChI=1S/C20H36BNO2/c1-9-11-13-16-15(3)22(8)18(17(16)14-12-10-2)21-23-19(4,5)20(6,7)24-21/h9-14H2,1-8H3. The molecule has 0 amide bonds. The van der Waals surface area contributed by atoms with E-state index in [4.69, 9.17) is 9.31 Å². The summed E-state index contributed by atoms with van der Waals surface area (Å²) in [6, 6.07) is 0. The quantitative estimate of drug-likeness (QED) is 0.694. The molecular weight excluding hydrogens is 297 g/mol. The van der Waals surface area contributed by atoms with E-state index in [0.29, 0.717) is 0 Å². The van der Waals surface area contributed by atoms with Crippen molar-refractivity contribution in [3.8, 4) is 0 Å². The molecule has 0 N–H and O–H groups in total. The van der Waals surface area contributed by atoms with Crippen LogP contribution in [0.1, 0.15) is 84.0 Å². The number of nitrogens with zero attached hydrogens (tertiary/aromatic N) is 1. The summed E-state index contributed by atoms with van der Waals surface area (Å²) < 4.78 is 15.1. The van der Waals surface area contributed by atoms with E-state index in [9.17, 15) is 0 Å². The molecule has 3 nitrogen and oxygen atoms in total. The molecule has 0 aliphatic carbocycles. The van der Waals surface area contributed by atoms with Gasteiger partial charge in [0, 0.05) is 12.7 Å². The lowest BCUT2D eigenvalue weighted by molar-refractivity contribution is 0.00578. The van der Waals surface area contributed by atoms with Crippen LogP contribution < -0.4 is 5.59 Å². The van der Waals surface area contributed by atoms with Crippen molar-refractivity contribution >= 4 is 12.7 Å². The molecule has 0 radical (unpaired) electrons. The Bertz CT molecular complexity index is 559. The van der Waals surface area contributed by atoms with Gasteiger partial charge in [-0.15, -0.1) is 0 Å². The molecular formula is C20H36BNO2. The highest BCUT2D eigenvalue weighted by Gasteiger charge is 2.53. The minimum Gasteiger partial charge on any atom is -0.398 e. The highest BCUT2D eigenvalue weighted by atomic mass is 16.7. The summed E-state index contributed by atoms with van der Waals surface area (Å²) in [7, 11) is 1.90. The zero-order valence-electron chi connectivity index (χ0n) is 17.1. The molecule has 1 aromatic rings. The van der Waals surface area contributed by atoms with Gasteiger partial charge in [0.25, 0.3) is 0 Å². The van der Waals surface area contributed by atoms with E-state index >= 15 is 0 Å². The zero-order valence-corrected chi connectivity index (χ0v) is 17.1. The van der Waals surface area contributed by atoms with E-state index in [1.807, 2.05) is 0 Å². The van der Waals surface area contributed by atoms with Crippen molar-refractivity contribution in [1.82, 2.24) is 4.57 Å². The minimum absolute atomic E-state index is 0.263. The van der Waals surface area contributed by atoms with Gasteiger partial charge in [-0.3, -0.25) is 0 Å². The Kier molecular flexibility index (Phi) is 5.92. The van der Waals surface area contributed by atoms with Gasteiger partial charge in [0.15, 0.2) is 0 Å². The Hall–Kier alpha value is -0.735. The van der Waals surface area contributed by atoms with Gasteiger partial charge in [-0.2, -0.15) is 0 Å². The molecule has 1 aliphatic heterocycles. The van der Waals surface area contributed by atoms with Crippen LogP contribution in [0.4, 0.5) is 0 Å². The Morgan fingerprint density at radius 2 is 1.33 bits per heavy atom. The van der Waals surface area contributed by atoms with Crippen molar-refractivity contribution in [3.63, 3.8) is 0 Å². The van der Waals surface area contributed by atoms with E-state index in [0.717, 1.165) is 12.8 Å². The summed E-state index contributed by atoms with van der Waals surface area (Å²) in [5.41, 5.74) is 5.04. The third kappa shape index (κ3) is 3.46. The third-order valence-electron chi connectivity index (χ3n) is 6.01. The van der Waals surface area contributed by atoms with Gasteiger partial charge in [0.1, 0.15) is 0 Å². The molecule has 2 rings (SSSR count). The van der Waals surface area contributed by atoms with E-state index in [2.05, 4.69) is 60.1 Å². The van der Waals surface area contributed by atoms with Gasteiger partial charge >= 0.3 is 7.12 Å². The average Bonchev–Trinajstić information content (AvgIpc) is 2.85. The van der Waals surface area contributed by atoms with Crippen molar-refractivity contribution in [1.29, 1.82) is 0 Å². The van der Waals surface area contributed by atoms with Gasteiger partial charge < -0.3 is 13.9 Å². The highest BCUT2D eigenvalue weighted by molar-refractivity contribution is 6.62. The van der Waals surface area contributed by atoms with Gasteiger partial charge in [0.05, 0.1) is 16.8 Å². The highest BCUT2D eigenvalue weighted by Crippen LogP contribution is 2.37. The van der Waals surface area contributed by atoms with Gasteiger partial charge in [0.2, 0.25) is 0 Å². The molecule has 0 aromatic carbocycles. The maximum Gasteiger partial charge on any atom is 0.512 e. The normalized spacial score (nSPS) is 19.2. The first-order chi connectivity index (χ1) is 11.2. The molecule has 136 valence electrons. The molecule has 0 bridgehead atoms. The lowest BCUT2D eigenvalue weighted by atomic mass is 9.79. The smallest absolute Gasteiger partial charge is 0.398 e. The summed E-state index contributed by atoms with van der Waals surface area (Å²) in [5, 5.41) is 0. The molecule has 1 saturated heterocycles. The second-order valence-corrected chi connectivity index (χ2v) is 8.28. The predicted molar refractivity (Wildman–Crippen MR) is 103 cm³/mol. The topological polar surface area (TPSA) is 23.4 Å². The lowest BCUT2D eigenvalue weighted by Gasteiger charge is -2.32. The van der Waals surface area contributed by atoms with E-state index in [-0.39, 0.29) is 18.3 Å². The molecule has 1 aliphatic rings. The summed E-state index contributed by atoms with van der Waals surface area (Å²) in [4.78, 5) is 0. The number of rotatable bonds is 7. The lowest BCUT2D eigenvalue weighted by Crippen LogP contribution is -2.41. The summed E-state index contributed by atoms with van der Waals surface area (Å²) in [6.07, 6.45) is 7.19. The van der Waals surface area contributed by atoms with Crippen molar-refractivity contribution in [2.24, 2.45) is 7.05 Å². The fourth-order valence-electron chi connectivity index (χ4n) is 3.53. The van der Waals surface area contributed by atoms with Crippen LogP contribution in [0.2, 0.25) is 0 Å². The zero-order chi connectivity index (χ0) is 18.1. The fraction of sp³-hybridized carbons (Fsp3) is 0.800. The maximum absolute atomic E-state index is 6.38. The third-order valence-corrected chi connectivity index (χ3v) is 6.01. The molecule has 1 fully saturated rings. The molecule has 0 saturated carbocycles. The Morgan fingerprint density at radius 3 is 1.79 bits per heavy atom. The van der Waals surface area contributed by atoms with Crippen molar-refractivity contribution in [3.05, 3.63) is 16.8 Å². The summed E-state index contributed by atoms with van der Waals surface area (Å²) >= 11 is 0. The Labute approximate surface area is 149 Å². The average molecular weight is 333 g/mol. The predicted octanol–water partition coefficient (Wildman–Crippen LogP) is 4.32. The van der Waals surface area contributed by atoms with Crippen LogP contribution in [-0.4, -0.2) is 22.9 Å². The number of aromatic nitrogens is 1. The largest absolute Gasteiger partial charge is 0.512 e. The molecule has 1 aromatic heterocycles. The Balaban J connectivity index is 2.45. The van der Waals surface area contributed by atoms with E-state index in [1.54, 1.807) is 0 Å². The number of hydrogen-bond acceptors (Lipinski definition) is 2. The van der Waals surface area contributed by atoms with Crippen LogP contribution in [0, 0.1) is 6.92 Å². The number of hydrogen-bond donors (Lipinski definition) is 0. The molecule has 0 unspecified atom stereocenters. The maximum atomic E-state index is 6.38. The van der Waals surface area contributed by atoms with Gasteiger partial charge in [-0.1, -0.05) is 26.7 Å². The van der Waals surface area contributed by atoms with E-state index in [1.165, 1.54) is 48.1 Å².